The molecule has 0 radical (unpaired) electrons. The Morgan fingerprint density at radius 1 is 1.03 bits per heavy atom. The molecule has 2 heterocycles. The first-order chi connectivity index (χ1) is 13.8. The second-order valence-corrected chi connectivity index (χ2v) is 9.75. The zero-order valence-electron chi connectivity index (χ0n) is 16.3. The van der Waals surface area contributed by atoms with Gasteiger partial charge in [-0.05, 0) is 55.3 Å². The summed E-state index contributed by atoms with van der Waals surface area (Å²) >= 11 is 5.94. The highest BCUT2D eigenvalue weighted by atomic mass is 35.5. The van der Waals surface area contributed by atoms with Gasteiger partial charge in [0.1, 0.15) is 5.69 Å². The van der Waals surface area contributed by atoms with Gasteiger partial charge in [-0.15, -0.1) is 0 Å². The van der Waals surface area contributed by atoms with Gasteiger partial charge in [-0.1, -0.05) is 23.7 Å². The number of hydrogen-bond acceptors (Lipinski definition) is 3. The number of halogens is 1. The van der Waals surface area contributed by atoms with Crippen LogP contribution in [0.1, 0.15) is 21.6 Å². The van der Waals surface area contributed by atoms with Crippen LogP contribution >= 0.6 is 11.6 Å². The minimum atomic E-state index is -3.63. The highest BCUT2D eigenvalue weighted by Crippen LogP contribution is 2.24. The van der Waals surface area contributed by atoms with E-state index in [-0.39, 0.29) is 23.9 Å². The lowest BCUT2D eigenvalue weighted by Crippen LogP contribution is -2.50. The number of aromatic amines is 1. The van der Waals surface area contributed by atoms with Gasteiger partial charge < -0.3 is 9.88 Å². The van der Waals surface area contributed by atoms with E-state index in [4.69, 9.17) is 11.6 Å². The summed E-state index contributed by atoms with van der Waals surface area (Å²) in [6.07, 6.45) is 0. The van der Waals surface area contributed by atoms with E-state index in [2.05, 4.69) is 11.1 Å². The van der Waals surface area contributed by atoms with Gasteiger partial charge >= 0.3 is 0 Å². The van der Waals surface area contributed by atoms with Crippen LogP contribution in [0.5, 0.6) is 0 Å². The Hall–Kier alpha value is -2.35. The molecule has 4 rings (SSSR count). The molecule has 1 amide bonds. The van der Waals surface area contributed by atoms with Crippen molar-refractivity contribution in [1.29, 1.82) is 0 Å². The minimum Gasteiger partial charge on any atom is -0.351 e. The molecule has 2 aromatic carbocycles. The summed E-state index contributed by atoms with van der Waals surface area (Å²) in [6.45, 7) is 5.22. The zero-order chi connectivity index (χ0) is 20.8. The molecule has 29 heavy (non-hydrogen) atoms. The van der Waals surface area contributed by atoms with E-state index in [9.17, 15) is 13.2 Å². The third-order valence-corrected chi connectivity index (χ3v) is 7.41. The first-order valence-corrected chi connectivity index (χ1v) is 11.2. The fourth-order valence-electron chi connectivity index (χ4n) is 3.79. The topological polar surface area (TPSA) is 73.5 Å². The number of piperazine rings is 1. The van der Waals surface area contributed by atoms with Crippen molar-refractivity contribution in [2.75, 3.05) is 26.2 Å². The lowest BCUT2D eigenvalue weighted by atomic mass is 10.1. The highest BCUT2D eigenvalue weighted by molar-refractivity contribution is 7.89. The van der Waals surface area contributed by atoms with E-state index in [1.807, 2.05) is 26.0 Å². The number of benzene rings is 2. The molecule has 1 N–H and O–H groups in total. The van der Waals surface area contributed by atoms with Crippen LogP contribution in [0.2, 0.25) is 5.02 Å². The Morgan fingerprint density at radius 2 is 1.76 bits per heavy atom. The first kappa shape index (κ1) is 19.9. The van der Waals surface area contributed by atoms with Crippen LogP contribution in [0.4, 0.5) is 0 Å². The maximum Gasteiger partial charge on any atom is 0.270 e. The van der Waals surface area contributed by atoms with Crippen LogP contribution in [-0.2, 0) is 10.0 Å². The maximum absolute atomic E-state index is 12.9. The molecule has 1 aromatic heterocycles. The lowest BCUT2D eigenvalue weighted by Gasteiger charge is -2.33. The molecular formula is C21H22ClN3O3S. The molecule has 1 fully saturated rings. The molecule has 1 saturated heterocycles. The number of carbonyl (C=O) groups excluding carboxylic acids is 1. The van der Waals surface area contributed by atoms with Gasteiger partial charge in [0.25, 0.3) is 5.91 Å². The van der Waals surface area contributed by atoms with Crippen LogP contribution in [-0.4, -0.2) is 54.7 Å². The van der Waals surface area contributed by atoms with E-state index >= 15 is 0 Å². The lowest BCUT2D eigenvalue weighted by molar-refractivity contribution is 0.0693. The minimum absolute atomic E-state index is 0.113. The normalized spacial score (nSPS) is 15.8. The van der Waals surface area contributed by atoms with E-state index < -0.39 is 10.0 Å². The first-order valence-electron chi connectivity index (χ1n) is 9.41. The number of nitrogens with zero attached hydrogens (tertiary/aromatic N) is 2. The number of carbonyl (C=O) groups is 1. The number of hydrogen-bond donors (Lipinski definition) is 1. The van der Waals surface area contributed by atoms with Crippen LogP contribution in [0, 0.1) is 13.8 Å². The molecule has 1 aliphatic rings. The van der Waals surface area contributed by atoms with Gasteiger partial charge in [0.05, 0.1) is 4.90 Å². The molecule has 0 atom stereocenters. The number of aryl methyl sites for hydroxylation is 2. The fraction of sp³-hybridized carbons (Fsp3) is 0.286. The van der Waals surface area contributed by atoms with Crippen molar-refractivity contribution in [2.45, 2.75) is 18.7 Å². The van der Waals surface area contributed by atoms with E-state index in [0.717, 1.165) is 22.0 Å². The Morgan fingerprint density at radius 3 is 2.45 bits per heavy atom. The summed E-state index contributed by atoms with van der Waals surface area (Å²) in [7, 11) is -3.63. The monoisotopic (exact) mass is 431 g/mol. The summed E-state index contributed by atoms with van der Waals surface area (Å²) in [5.41, 5.74) is 3.72. The van der Waals surface area contributed by atoms with Gasteiger partial charge in [-0.25, -0.2) is 8.42 Å². The number of sulfonamides is 1. The molecule has 3 aromatic rings. The third kappa shape index (κ3) is 3.77. The Balaban J connectivity index is 1.50. The smallest absolute Gasteiger partial charge is 0.270 e. The number of rotatable bonds is 3. The van der Waals surface area contributed by atoms with Crippen molar-refractivity contribution in [3.63, 3.8) is 0 Å². The van der Waals surface area contributed by atoms with Crippen molar-refractivity contribution in [2.24, 2.45) is 0 Å². The average molecular weight is 432 g/mol. The predicted octanol–water partition coefficient (Wildman–Crippen LogP) is 3.58. The summed E-state index contributed by atoms with van der Waals surface area (Å²) in [5, 5.41) is 1.41. The molecule has 0 aliphatic carbocycles. The molecule has 0 saturated carbocycles. The van der Waals surface area contributed by atoms with Gasteiger partial charge in [-0.2, -0.15) is 4.31 Å². The van der Waals surface area contributed by atoms with E-state index in [1.54, 1.807) is 17.0 Å². The molecule has 8 heteroatoms. The zero-order valence-corrected chi connectivity index (χ0v) is 17.8. The molecule has 0 spiro atoms. The maximum atomic E-state index is 12.9. The van der Waals surface area contributed by atoms with Gasteiger partial charge in [0.2, 0.25) is 10.0 Å². The second-order valence-electron chi connectivity index (χ2n) is 7.38. The van der Waals surface area contributed by atoms with Gasteiger partial charge in [-0.3, -0.25) is 4.79 Å². The quantitative estimate of drug-likeness (QED) is 0.688. The SMILES string of the molecule is Cc1cc(C)c2cc(C(=O)N3CCN(S(=O)(=O)c4cccc(Cl)c4)CC3)[nH]c2c1. The number of nitrogens with one attached hydrogen (secondary N) is 1. The second kappa shape index (κ2) is 7.48. The molecule has 152 valence electrons. The van der Waals surface area contributed by atoms with Crippen LogP contribution in [0.3, 0.4) is 0 Å². The molecular weight excluding hydrogens is 410 g/mol. The Bertz CT molecular complexity index is 1200. The number of amides is 1. The van der Waals surface area contributed by atoms with Crippen molar-refractivity contribution in [1.82, 2.24) is 14.2 Å². The highest BCUT2D eigenvalue weighted by Gasteiger charge is 2.31. The van der Waals surface area contributed by atoms with E-state index in [0.29, 0.717) is 23.8 Å². The molecule has 1 aliphatic heterocycles. The average Bonchev–Trinajstić information content (AvgIpc) is 3.12. The Labute approximate surface area is 175 Å². The molecule has 0 bridgehead atoms. The fourth-order valence-corrected chi connectivity index (χ4v) is 5.52. The summed E-state index contributed by atoms with van der Waals surface area (Å²) in [5.74, 6) is -0.113. The van der Waals surface area contributed by atoms with Crippen molar-refractivity contribution >= 4 is 38.4 Å². The van der Waals surface area contributed by atoms with Crippen LogP contribution in [0.25, 0.3) is 10.9 Å². The predicted molar refractivity (Wildman–Crippen MR) is 114 cm³/mol. The van der Waals surface area contributed by atoms with Gasteiger partial charge in [0.15, 0.2) is 0 Å². The third-order valence-electron chi connectivity index (χ3n) is 5.28. The standard InChI is InChI=1S/C21H22ClN3O3S/c1-14-10-15(2)18-13-20(23-19(18)11-14)21(26)24-6-8-25(9-7-24)29(27,28)17-5-3-4-16(22)12-17/h3-5,10-13,23H,6-9H2,1-2H3. The van der Waals surface area contributed by atoms with Gasteiger partial charge in [0, 0.05) is 42.1 Å². The largest absolute Gasteiger partial charge is 0.351 e. The molecule has 0 unspecified atom stereocenters. The molecule has 6 nitrogen and oxygen atoms in total. The number of fused-ring (bicyclic) bond motifs is 1. The van der Waals surface area contributed by atoms with Crippen LogP contribution < -0.4 is 0 Å². The van der Waals surface area contributed by atoms with Crippen LogP contribution in [0.15, 0.2) is 47.4 Å². The number of H-pyrrole nitrogens is 1. The van der Waals surface area contributed by atoms with Crippen molar-refractivity contribution in [3.05, 3.63) is 64.3 Å². The van der Waals surface area contributed by atoms with Crippen molar-refractivity contribution in [3.8, 4) is 0 Å². The summed E-state index contributed by atoms with van der Waals surface area (Å²) < 4.78 is 27.1. The number of aromatic nitrogens is 1. The summed E-state index contributed by atoms with van der Waals surface area (Å²) in [6, 6.07) is 12.2. The summed E-state index contributed by atoms with van der Waals surface area (Å²) in [4.78, 5) is 18.0. The Kier molecular flexibility index (Phi) is 5.14. The van der Waals surface area contributed by atoms with E-state index in [1.165, 1.54) is 16.4 Å². The van der Waals surface area contributed by atoms with Crippen molar-refractivity contribution < 1.29 is 13.2 Å².